The zero-order chi connectivity index (χ0) is 49.3. The van der Waals surface area contributed by atoms with E-state index >= 15 is 0 Å². The van der Waals surface area contributed by atoms with Crippen LogP contribution in [0.1, 0.15) is 5.56 Å². The minimum absolute atomic E-state index is 0.603. The zero-order valence-electron chi connectivity index (χ0n) is 39.9. The van der Waals surface area contributed by atoms with Crippen molar-refractivity contribution in [1.82, 2.24) is 9.97 Å². The van der Waals surface area contributed by atoms with Gasteiger partial charge < -0.3 is 0 Å². The van der Waals surface area contributed by atoms with Crippen molar-refractivity contribution in [3.05, 3.63) is 260 Å². The van der Waals surface area contributed by atoms with Crippen LogP contribution in [0.3, 0.4) is 0 Å². The lowest BCUT2D eigenvalue weighted by Gasteiger charge is -2.17. The lowest BCUT2D eigenvalue weighted by atomic mass is 9.88. The van der Waals surface area contributed by atoms with E-state index in [4.69, 9.17) is 16.5 Å². The van der Waals surface area contributed by atoms with Gasteiger partial charge in [-0.2, -0.15) is 5.26 Å². The highest BCUT2D eigenvalue weighted by Gasteiger charge is 2.20. The molecule has 0 saturated carbocycles. The highest BCUT2D eigenvalue weighted by Crippen LogP contribution is 2.44. The number of hydrogen-bond donors (Lipinski definition) is 0. The molecule has 1 aromatic heterocycles. The van der Waals surface area contributed by atoms with Gasteiger partial charge >= 0.3 is 0 Å². The SMILES string of the molecule is [C-]#[N+]c1cccc(-c2ccc(-c3nc(-c4ccc(-c5cccc(C#N)c5)cc4)nc4c(-c5ccc6c7ccccc7c7ccccc7c6c5)cc(-c5ccc6c7ccccc7c7ccccc7c6c5)cc34)cc2)c1. The molecule has 0 unspecified atom stereocenters. The molecule has 0 saturated heterocycles. The third-order valence-corrected chi connectivity index (χ3v) is 14.9. The Bertz CT molecular complexity index is 4660. The Morgan fingerprint density at radius 1 is 0.311 bits per heavy atom. The van der Waals surface area contributed by atoms with Gasteiger partial charge in [0.15, 0.2) is 11.5 Å². The first kappa shape index (κ1) is 42.6. The summed E-state index contributed by atoms with van der Waals surface area (Å²) >= 11 is 0. The first-order chi connectivity index (χ1) is 36.6. The van der Waals surface area contributed by atoms with E-state index in [1.165, 1.54) is 64.6 Å². The maximum absolute atomic E-state index is 9.67. The molecule has 14 aromatic rings. The molecule has 0 aliphatic rings. The molecule has 0 spiro atoms. The van der Waals surface area contributed by atoms with Crippen molar-refractivity contribution in [3.63, 3.8) is 0 Å². The molecule has 0 atom stereocenters. The molecule has 0 aliphatic heterocycles. The van der Waals surface area contributed by atoms with Gasteiger partial charge in [0, 0.05) is 22.1 Å². The molecule has 0 radical (unpaired) electrons. The molecule has 340 valence electrons. The highest BCUT2D eigenvalue weighted by molar-refractivity contribution is 6.27. The van der Waals surface area contributed by atoms with Crippen LogP contribution < -0.4 is 0 Å². The second kappa shape index (κ2) is 17.3. The fraction of sp³-hybridized carbons (Fsp3) is 0. The topological polar surface area (TPSA) is 53.9 Å². The van der Waals surface area contributed by atoms with Gasteiger partial charge in [0.1, 0.15) is 0 Å². The van der Waals surface area contributed by atoms with Crippen molar-refractivity contribution in [2.45, 2.75) is 0 Å². The molecule has 1 heterocycles. The fourth-order valence-electron chi connectivity index (χ4n) is 11.3. The van der Waals surface area contributed by atoms with Crippen molar-refractivity contribution >= 4 is 81.2 Å². The summed E-state index contributed by atoms with van der Waals surface area (Å²) in [5.74, 6) is 0.606. The molecular weight excluding hydrogens is 897 g/mol. The van der Waals surface area contributed by atoms with Crippen LogP contribution in [0.2, 0.25) is 0 Å². The summed E-state index contributed by atoms with van der Waals surface area (Å²) in [5, 5.41) is 25.2. The summed E-state index contributed by atoms with van der Waals surface area (Å²) in [6, 6.07) is 88.0. The van der Waals surface area contributed by atoms with E-state index in [2.05, 4.69) is 205 Å². The number of rotatable bonds is 6. The van der Waals surface area contributed by atoms with Gasteiger partial charge in [0.25, 0.3) is 0 Å². The van der Waals surface area contributed by atoms with E-state index < -0.39 is 0 Å². The predicted octanol–water partition coefficient (Wildman–Crippen LogP) is 19.0. The van der Waals surface area contributed by atoms with E-state index in [1.807, 2.05) is 48.5 Å². The van der Waals surface area contributed by atoms with Gasteiger partial charge in [0.2, 0.25) is 0 Å². The van der Waals surface area contributed by atoms with Crippen LogP contribution in [-0.2, 0) is 0 Å². The minimum Gasteiger partial charge on any atom is -0.238 e. The van der Waals surface area contributed by atoms with Gasteiger partial charge in [-0.15, -0.1) is 0 Å². The second-order valence-electron chi connectivity index (χ2n) is 19.0. The highest BCUT2D eigenvalue weighted by atomic mass is 14.9. The summed E-state index contributed by atoms with van der Waals surface area (Å²) in [6.45, 7) is 7.66. The molecule has 74 heavy (non-hydrogen) atoms. The fourth-order valence-corrected chi connectivity index (χ4v) is 11.3. The standard InChI is InChI=1S/C70H40N4/c1-72-53-15-11-14-49(37-53)45-24-28-46(29-25-45)68-67-41-52(50-32-34-62-58-20-4-2-16-54(58)56-18-6-8-22-60(56)65(62)38-50)40-64(51-33-35-63-59-21-5-3-17-55(59)57-19-7-9-23-61(57)66(63)39-51)69(67)74-70(73-68)47-30-26-44(27-31-47)48-13-10-12-43(36-48)42-71/h2-41H. The van der Waals surface area contributed by atoms with Crippen molar-refractivity contribution < 1.29 is 0 Å². The van der Waals surface area contributed by atoms with E-state index in [0.29, 0.717) is 17.1 Å². The Kier molecular flexibility index (Phi) is 9.93. The number of nitrogens with zero attached hydrogens (tertiary/aromatic N) is 4. The normalized spacial score (nSPS) is 11.5. The molecule has 0 N–H and O–H groups in total. The van der Waals surface area contributed by atoms with Crippen molar-refractivity contribution in [2.24, 2.45) is 0 Å². The largest absolute Gasteiger partial charge is 0.238 e. The Labute approximate surface area is 427 Å². The number of aromatic nitrogens is 2. The van der Waals surface area contributed by atoms with Gasteiger partial charge in [-0.25, -0.2) is 14.8 Å². The minimum atomic E-state index is 0.603. The van der Waals surface area contributed by atoms with Crippen LogP contribution in [0.5, 0.6) is 0 Å². The quantitative estimate of drug-likeness (QED) is 0.123. The lowest BCUT2D eigenvalue weighted by molar-refractivity contribution is 1.23. The second-order valence-corrected chi connectivity index (χ2v) is 19.0. The van der Waals surface area contributed by atoms with Gasteiger partial charge in [-0.05, 0) is 146 Å². The molecule has 0 fully saturated rings. The van der Waals surface area contributed by atoms with Crippen LogP contribution >= 0.6 is 0 Å². The third-order valence-electron chi connectivity index (χ3n) is 14.9. The monoisotopic (exact) mass is 936 g/mol. The Morgan fingerprint density at radius 3 is 1.27 bits per heavy atom. The molecule has 14 rings (SSSR count). The molecule has 0 aliphatic carbocycles. The number of nitriles is 1. The van der Waals surface area contributed by atoms with Crippen LogP contribution in [0.15, 0.2) is 243 Å². The molecular formula is C70H40N4. The maximum Gasteiger partial charge on any atom is 0.187 e. The number of benzene rings is 13. The maximum atomic E-state index is 9.67. The molecule has 0 bridgehead atoms. The predicted molar refractivity (Wildman–Crippen MR) is 308 cm³/mol. The Morgan fingerprint density at radius 2 is 0.730 bits per heavy atom. The summed E-state index contributed by atoms with van der Waals surface area (Å²) in [6.07, 6.45) is 0. The third kappa shape index (κ3) is 7.05. The van der Waals surface area contributed by atoms with Gasteiger partial charge in [0.05, 0.1) is 29.4 Å². The van der Waals surface area contributed by atoms with Gasteiger partial charge in [-0.1, -0.05) is 200 Å². The van der Waals surface area contributed by atoms with Crippen LogP contribution in [0.25, 0.3) is 148 Å². The summed E-state index contributed by atoms with van der Waals surface area (Å²) in [4.78, 5) is 14.8. The van der Waals surface area contributed by atoms with Crippen molar-refractivity contribution in [1.29, 1.82) is 5.26 Å². The first-order valence-electron chi connectivity index (χ1n) is 24.8. The van der Waals surface area contributed by atoms with E-state index in [-0.39, 0.29) is 0 Å². The molecule has 0 amide bonds. The average molecular weight is 937 g/mol. The van der Waals surface area contributed by atoms with Crippen LogP contribution in [0.4, 0.5) is 5.69 Å². The lowest BCUT2D eigenvalue weighted by Crippen LogP contribution is -1.98. The van der Waals surface area contributed by atoms with Crippen molar-refractivity contribution in [3.8, 4) is 73.2 Å². The van der Waals surface area contributed by atoms with E-state index in [0.717, 1.165) is 72.2 Å². The van der Waals surface area contributed by atoms with E-state index in [1.54, 1.807) is 0 Å². The molecule has 4 heteroatoms. The smallest absolute Gasteiger partial charge is 0.187 e. The van der Waals surface area contributed by atoms with Crippen LogP contribution in [0, 0.1) is 17.9 Å². The number of fused-ring (bicyclic) bond motifs is 13. The summed E-state index contributed by atoms with van der Waals surface area (Å²) in [7, 11) is 0. The average Bonchev–Trinajstić information content (AvgIpc) is 3.51. The molecule has 4 nitrogen and oxygen atoms in total. The summed E-state index contributed by atoms with van der Waals surface area (Å²) in [5.41, 5.74) is 12.9. The van der Waals surface area contributed by atoms with Gasteiger partial charge in [-0.3, -0.25) is 0 Å². The molecule has 13 aromatic carbocycles. The summed E-state index contributed by atoms with van der Waals surface area (Å²) < 4.78 is 0. The van der Waals surface area contributed by atoms with Crippen LogP contribution in [-0.4, -0.2) is 9.97 Å². The zero-order valence-corrected chi connectivity index (χ0v) is 39.9. The Balaban J connectivity index is 1.05. The number of hydrogen-bond acceptors (Lipinski definition) is 3. The van der Waals surface area contributed by atoms with Crippen molar-refractivity contribution in [2.75, 3.05) is 0 Å². The Hall–Kier alpha value is -10.3. The van der Waals surface area contributed by atoms with E-state index in [9.17, 15) is 5.26 Å². The first-order valence-corrected chi connectivity index (χ1v) is 24.8.